The van der Waals surface area contributed by atoms with Gasteiger partial charge in [0.25, 0.3) is 0 Å². The molecule has 1 saturated heterocycles. The van der Waals surface area contributed by atoms with Crippen LogP contribution in [0.15, 0.2) is 24.3 Å². The lowest BCUT2D eigenvalue weighted by Gasteiger charge is -2.34. The molecule has 0 bridgehead atoms. The van der Waals surface area contributed by atoms with E-state index in [0.29, 0.717) is 5.69 Å². The van der Waals surface area contributed by atoms with Crippen molar-refractivity contribution in [3.8, 4) is 0 Å². The molecular formula is C15H19F3N2O2. The molecule has 0 unspecified atom stereocenters. The number of benzene rings is 1. The molecule has 1 fully saturated rings. The molecule has 0 saturated carbocycles. The van der Waals surface area contributed by atoms with Gasteiger partial charge < -0.3 is 15.0 Å². The number of nitrogens with zero attached hydrogens (tertiary/aromatic N) is 1. The van der Waals surface area contributed by atoms with Gasteiger partial charge in [0.05, 0.1) is 13.2 Å². The zero-order valence-electron chi connectivity index (χ0n) is 12.5. The molecule has 1 N–H and O–H groups in total. The molecule has 1 aromatic carbocycles. The first kappa shape index (κ1) is 16.6. The maximum Gasteiger partial charge on any atom is 0.416 e. The van der Waals surface area contributed by atoms with Crippen molar-refractivity contribution < 1.29 is 22.7 Å². The average Bonchev–Trinajstić information content (AvgIpc) is 2.47. The van der Waals surface area contributed by atoms with Crippen LogP contribution < -0.4 is 5.32 Å². The van der Waals surface area contributed by atoms with E-state index in [1.807, 2.05) is 26.0 Å². The van der Waals surface area contributed by atoms with Crippen LogP contribution in [0, 0.1) is 0 Å². The topological polar surface area (TPSA) is 41.6 Å². The van der Waals surface area contributed by atoms with Gasteiger partial charge in [-0.3, -0.25) is 0 Å². The summed E-state index contributed by atoms with van der Waals surface area (Å²) < 4.78 is 42.8. The highest BCUT2D eigenvalue weighted by Gasteiger charge is 2.44. The molecule has 1 aliphatic rings. The van der Waals surface area contributed by atoms with Gasteiger partial charge in [0.15, 0.2) is 6.10 Å². The normalized spacial score (nSPS) is 19.4. The summed E-state index contributed by atoms with van der Waals surface area (Å²) in [4.78, 5) is 13.3. The van der Waals surface area contributed by atoms with E-state index >= 15 is 0 Å². The Hall–Kier alpha value is -1.76. The number of nitrogens with one attached hydrogen (secondary N) is 1. The number of hydrogen-bond acceptors (Lipinski definition) is 2. The fourth-order valence-corrected chi connectivity index (χ4v) is 2.34. The highest BCUT2D eigenvalue weighted by atomic mass is 19.4. The molecule has 2 rings (SSSR count). The standard InChI is InChI=1S/C15H19F3N2O2/c1-10(2)11-5-3-4-6-12(11)19-14(21)20-7-8-22-13(9-20)15(16,17)18/h3-6,10,13H,7-9H2,1-2H3,(H,19,21)/t13-/m1/s1. The van der Waals surface area contributed by atoms with Crippen LogP contribution in [0.25, 0.3) is 0 Å². The van der Waals surface area contributed by atoms with Gasteiger partial charge in [-0.2, -0.15) is 13.2 Å². The highest BCUT2D eigenvalue weighted by molar-refractivity contribution is 5.90. The number of carbonyl (C=O) groups is 1. The zero-order valence-corrected chi connectivity index (χ0v) is 12.5. The summed E-state index contributed by atoms with van der Waals surface area (Å²) in [6.07, 6.45) is -6.39. The van der Waals surface area contributed by atoms with Gasteiger partial charge in [-0.15, -0.1) is 0 Å². The third kappa shape index (κ3) is 3.91. The number of halogens is 3. The number of carbonyl (C=O) groups excluding carboxylic acids is 1. The predicted octanol–water partition coefficient (Wildman–Crippen LogP) is 3.61. The summed E-state index contributed by atoms with van der Waals surface area (Å²) in [5, 5.41) is 2.70. The monoisotopic (exact) mass is 316 g/mol. The van der Waals surface area contributed by atoms with Crippen LogP contribution >= 0.6 is 0 Å². The smallest absolute Gasteiger partial charge is 0.365 e. The second kappa shape index (κ2) is 6.56. The van der Waals surface area contributed by atoms with Crippen molar-refractivity contribution in [2.24, 2.45) is 0 Å². The number of amides is 2. The number of rotatable bonds is 2. The molecule has 1 heterocycles. The predicted molar refractivity (Wildman–Crippen MR) is 76.9 cm³/mol. The van der Waals surface area contributed by atoms with E-state index in [-0.39, 0.29) is 19.1 Å². The first-order valence-electron chi connectivity index (χ1n) is 7.12. The lowest BCUT2D eigenvalue weighted by Crippen LogP contribution is -2.52. The van der Waals surface area contributed by atoms with Gasteiger partial charge in [0, 0.05) is 12.2 Å². The Morgan fingerprint density at radius 2 is 2.05 bits per heavy atom. The van der Waals surface area contributed by atoms with Crippen molar-refractivity contribution in [3.63, 3.8) is 0 Å². The van der Waals surface area contributed by atoms with E-state index in [9.17, 15) is 18.0 Å². The molecule has 2 amide bonds. The van der Waals surface area contributed by atoms with Gasteiger partial charge in [-0.1, -0.05) is 32.0 Å². The second-order valence-electron chi connectivity index (χ2n) is 5.52. The molecule has 4 nitrogen and oxygen atoms in total. The SMILES string of the molecule is CC(C)c1ccccc1NC(=O)N1CCO[C@@H](C(F)(F)F)C1. The number of alkyl halides is 3. The number of hydrogen-bond donors (Lipinski definition) is 1. The van der Waals surface area contributed by atoms with Gasteiger partial charge in [-0.25, -0.2) is 4.79 Å². The number of anilines is 1. The van der Waals surface area contributed by atoms with Crippen LogP contribution in [-0.2, 0) is 4.74 Å². The Morgan fingerprint density at radius 1 is 1.36 bits per heavy atom. The molecular weight excluding hydrogens is 297 g/mol. The first-order chi connectivity index (χ1) is 10.3. The average molecular weight is 316 g/mol. The van der Waals surface area contributed by atoms with Crippen molar-refractivity contribution >= 4 is 11.7 Å². The number of ether oxygens (including phenoxy) is 1. The van der Waals surface area contributed by atoms with Crippen molar-refractivity contribution in [1.29, 1.82) is 0 Å². The minimum absolute atomic E-state index is 0.122. The third-order valence-electron chi connectivity index (χ3n) is 3.54. The van der Waals surface area contributed by atoms with Gasteiger partial charge in [0.1, 0.15) is 0 Å². The van der Waals surface area contributed by atoms with Gasteiger partial charge in [-0.05, 0) is 17.5 Å². The molecule has 1 aromatic rings. The molecule has 0 radical (unpaired) electrons. The maximum atomic E-state index is 12.7. The molecule has 22 heavy (non-hydrogen) atoms. The largest absolute Gasteiger partial charge is 0.416 e. The van der Waals surface area contributed by atoms with Crippen LogP contribution in [0.5, 0.6) is 0 Å². The fourth-order valence-electron chi connectivity index (χ4n) is 2.34. The summed E-state index contributed by atoms with van der Waals surface area (Å²) in [5.41, 5.74) is 1.56. The first-order valence-corrected chi connectivity index (χ1v) is 7.12. The number of para-hydroxylation sites is 1. The Bertz CT molecular complexity index is 532. The van der Waals surface area contributed by atoms with Crippen LogP contribution in [0.1, 0.15) is 25.3 Å². The molecule has 7 heteroatoms. The minimum Gasteiger partial charge on any atom is -0.365 e. The molecule has 122 valence electrons. The van der Waals surface area contributed by atoms with Crippen LogP contribution in [0.3, 0.4) is 0 Å². The van der Waals surface area contributed by atoms with Gasteiger partial charge in [0.2, 0.25) is 0 Å². The maximum absolute atomic E-state index is 12.7. The summed E-state index contributed by atoms with van der Waals surface area (Å²) in [6, 6.07) is 6.73. The molecule has 0 aromatic heterocycles. The summed E-state index contributed by atoms with van der Waals surface area (Å²) >= 11 is 0. The van der Waals surface area contributed by atoms with E-state index < -0.39 is 24.9 Å². The summed E-state index contributed by atoms with van der Waals surface area (Å²) in [6.45, 7) is 3.50. The van der Waals surface area contributed by atoms with Crippen molar-refractivity contribution in [2.75, 3.05) is 25.0 Å². The lowest BCUT2D eigenvalue weighted by atomic mass is 10.0. The van der Waals surface area contributed by atoms with E-state index in [1.54, 1.807) is 12.1 Å². The van der Waals surface area contributed by atoms with Crippen LogP contribution in [0.4, 0.5) is 23.7 Å². The molecule has 0 spiro atoms. The molecule has 1 atom stereocenters. The quantitative estimate of drug-likeness (QED) is 0.905. The lowest BCUT2D eigenvalue weighted by molar-refractivity contribution is -0.233. The van der Waals surface area contributed by atoms with E-state index in [0.717, 1.165) is 10.5 Å². The van der Waals surface area contributed by atoms with Crippen molar-refractivity contribution in [1.82, 2.24) is 4.90 Å². The zero-order chi connectivity index (χ0) is 16.3. The summed E-state index contributed by atoms with van der Waals surface area (Å²) in [5.74, 6) is 0.198. The van der Waals surface area contributed by atoms with Crippen LogP contribution in [0.2, 0.25) is 0 Å². The molecule has 0 aliphatic carbocycles. The van der Waals surface area contributed by atoms with Crippen molar-refractivity contribution in [3.05, 3.63) is 29.8 Å². The van der Waals surface area contributed by atoms with E-state index in [2.05, 4.69) is 10.1 Å². The van der Waals surface area contributed by atoms with E-state index in [4.69, 9.17) is 0 Å². The van der Waals surface area contributed by atoms with Gasteiger partial charge >= 0.3 is 12.2 Å². The Kier molecular flexibility index (Phi) is 4.95. The van der Waals surface area contributed by atoms with Crippen molar-refractivity contribution in [2.45, 2.75) is 32.0 Å². The summed E-state index contributed by atoms with van der Waals surface area (Å²) in [7, 11) is 0. The van der Waals surface area contributed by atoms with E-state index in [1.165, 1.54) is 0 Å². The number of urea groups is 1. The fraction of sp³-hybridized carbons (Fsp3) is 0.533. The Balaban J connectivity index is 2.06. The highest BCUT2D eigenvalue weighted by Crippen LogP contribution is 2.27. The Morgan fingerprint density at radius 3 is 2.68 bits per heavy atom. The Labute approximate surface area is 127 Å². The third-order valence-corrected chi connectivity index (χ3v) is 3.54. The molecule has 1 aliphatic heterocycles. The second-order valence-corrected chi connectivity index (χ2v) is 5.52. The minimum atomic E-state index is -4.46. The van der Waals surface area contributed by atoms with Crippen LogP contribution in [-0.4, -0.2) is 42.9 Å². The number of morpholine rings is 1.